The summed E-state index contributed by atoms with van der Waals surface area (Å²) in [4.78, 5) is 0. The molecule has 62 valence electrons. The van der Waals surface area contributed by atoms with E-state index in [0.717, 1.165) is 5.76 Å². The van der Waals surface area contributed by atoms with Crippen LogP contribution in [0.4, 0.5) is 0 Å². The minimum Gasteiger partial charge on any atom is -0.497 e. The molecule has 0 saturated heterocycles. The third kappa shape index (κ3) is 2.17. The highest BCUT2D eigenvalue weighted by Gasteiger charge is 2.13. The van der Waals surface area contributed by atoms with Crippen molar-refractivity contribution in [2.75, 3.05) is 7.11 Å². The first-order chi connectivity index (χ1) is 5.24. The highest BCUT2D eigenvalue weighted by molar-refractivity contribution is 7.80. The molecular formula is C7H10O3S. The highest BCUT2D eigenvalue weighted by Crippen LogP contribution is 2.14. The zero-order valence-corrected chi connectivity index (χ0v) is 7.00. The Morgan fingerprint density at radius 2 is 2.55 bits per heavy atom. The van der Waals surface area contributed by atoms with Gasteiger partial charge in [-0.15, -0.1) is 0 Å². The largest absolute Gasteiger partial charge is 0.497 e. The summed E-state index contributed by atoms with van der Waals surface area (Å²) < 4.78 is 24.1. The van der Waals surface area contributed by atoms with E-state index in [1.54, 1.807) is 25.3 Å². The second-order valence-electron chi connectivity index (χ2n) is 2.22. The maximum Gasteiger partial charge on any atom is 0.160 e. The van der Waals surface area contributed by atoms with Gasteiger partial charge in [0.1, 0.15) is 5.76 Å². The van der Waals surface area contributed by atoms with E-state index in [2.05, 4.69) is 0 Å². The predicted molar refractivity (Wildman–Crippen MR) is 43.4 cm³/mol. The summed E-state index contributed by atoms with van der Waals surface area (Å²) in [7, 11) is 1.58. The SMILES string of the molecule is COC1=CCC(S(=O)O)C=C1. The van der Waals surface area contributed by atoms with Crippen molar-refractivity contribution < 1.29 is 13.5 Å². The van der Waals surface area contributed by atoms with Crippen molar-refractivity contribution >= 4 is 11.1 Å². The normalized spacial score (nSPS) is 26.0. The molecule has 0 aromatic rings. The van der Waals surface area contributed by atoms with E-state index >= 15 is 0 Å². The smallest absolute Gasteiger partial charge is 0.160 e. The molecule has 3 nitrogen and oxygen atoms in total. The lowest BCUT2D eigenvalue weighted by Crippen LogP contribution is -2.12. The first-order valence-electron chi connectivity index (χ1n) is 3.26. The molecule has 0 aliphatic heterocycles. The summed E-state index contributed by atoms with van der Waals surface area (Å²) in [5.74, 6) is 0.756. The average Bonchev–Trinajstić information content (AvgIpc) is 2.05. The molecule has 0 aromatic heterocycles. The number of rotatable bonds is 2. The second-order valence-corrected chi connectivity index (χ2v) is 3.38. The fourth-order valence-electron chi connectivity index (χ4n) is 0.882. The molecule has 0 saturated carbocycles. The van der Waals surface area contributed by atoms with Crippen LogP contribution in [0.1, 0.15) is 6.42 Å². The standard InChI is InChI=1S/C7H10O3S/c1-10-6-2-4-7(5-3-6)11(8)9/h2-4,7H,5H2,1H3,(H,8,9). The zero-order chi connectivity index (χ0) is 8.27. The molecule has 0 bridgehead atoms. The lowest BCUT2D eigenvalue weighted by atomic mass is 10.2. The van der Waals surface area contributed by atoms with Gasteiger partial charge in [-0.2, -0.15) is 0 Å². The Bertz CT molecular complexity index is 220. The summed E-state index contributed by atoms with van der Waals surface area (Å²) >= 11 is -1.76. The third-order valence-electron chi connectivity index (χ3n) is 1.52. The van der Waals surface area contributed by atoms with Gasteiger partial charge in [0.2, 0.25) is 0 Å². The summed E-state index contributed by atoms with van der Waals surface area (Å²) in [6.45, 7) is 0. The van der Waals surface area contributed by atoms with E-state index in [9.17, 15) is 4.21 Å². The van der Waals surface area contributed by atoms with Crippen LogP contribution in [0.25, 0.3) is 0 Å². The minimum atomic E-state index is -1.76. The lowest BCUT2D eigenvalue weighted by molar-refractivity contribution is 0.303. The zero-order valence-electron chi connectivity index (χ0n) is 6.19. The fourth-order valence-corrected chi connectivity index (χ4v) is 1.36. The van der Waals surface area contributed by atoms with Crippen molar-refractivity contribution in [3.05, 3.63) is 24.0 Å². The maximum absolute atomic E-state index is 10.5. The Kier molecular flexibility index (Phi) is 2.84. The van der Waals surface area contributed by atoms with Gasteiger partial charge in [0, 0.05) is 0 Å². The molecule has 2 atom stereocenters. The number of hydrogen-bond acceptors (Lipinski definition) is 2. The Balaban J connectivity index is 2.57. The summed E-state index contributed by atoms with van der Waals surface area (Å²) in [5.41, 5.74) is 0. The first kappa shape index (κ1) is 8.49. The Morgan fingerprint density at radius 1 is 1.82 bits per heavy atom. The van der Waals surface area contributed by atoms with Gasteiger partial charge in [-0.05, 0) is 18.6 Å². The summed E-state index contributed by atoms with van der Waals surface area (Å²) in [6, 6.07) is 0. The van der Waals surface area contributed by atoms with E-state index in [0.29, 0.717) is 6.42 Å². The van der Waals surface area contributed by atoms with Gasteiger partial charge in [-0.1, -0.05) is 6.08 Å². The summed E-state index contributed by atoms with van der Waals surface area (Å²) in [6.07, 6.45) is 5.78. The van der Waals surface area contributed by atoms with Crippen LogP contribution in [0.2, 0.25) is 0 Å². The van der Waals surface area contributed by atoms with Gasteiger partial charge in [0.25, 0.3) is 0 Å². The van der Waals surface area contributed by atoms with E-state index < -0.39 is 11.1 Å². The molecule has 2 unspecified atom stereocenters. The fraction of sp³-hybridized carbons (Fsp3) is 0.429. The molecule has 0 heterocycles. The minimum absolute atomic E-state index is 0.270. The molecule has 1 aliphatic carbocycles. The third-order valence-corrected chi connectivity index (χ3v) is 2.39. The molecule has 0 fully saturated rings. The van der Waals surface area contributed by atoms with Gasteiger partial charge < -0.3 is 9.29 Å². The van der Waals surface area contributed by atoms with Crippen LogP contribution in [0.3, 0.4) is 0 Å². The van der Waals surface area contributed by atoms with E-state index in [-0.39, 0.29) is 5.25 Å². The molecule has 0 radical (unpaired) electrons. The summed E-state index contributed by atoms with van der Waals surface area (Å²) in [5, 5.41) is -0.270. The van der Waals surface area contributed by atoms with Crippen LogP contribution in [0.15, 0.2) is 24.0 Å². The van der Waals surface area contributed by atoms with Gasteiger partial charge in [-0.25, -0.2) is 4.21 Å². The number of ether oxygens (including phenoxy) is 1. The van der Waals surface area contributed by atoms with Crippen LogP contribution < -0.4 is 0 Å². The van der Waals surface area contributed by atoms with Crippen LogP contribution in [0.5, 0.6) is 0 Å². The van der Waals surface area contributed by atoms with Crippen molar-refractivity contribution in [2.24, 2.45) is 0 Å². The number of hydrogen-bond donors (Lipinski definition) is 1. The Morgan fingerprint density at radius 3 is 2.91 bits per heavy atom. The van der Waals surface area contributed by atoms with Crippen molar-refractivity contribution in [3.63, 3.8) is 0 Å². The first-order valence-corrected chi connectivity index (χ1v) is 4.43. The Labute approximate surface area is 68.0 Å². The van der Waals surface area contributed by atoms with E-state index in [1.807, 2.05) is 0 Å². The topological polar surface area (TPSA) is 46.5 Å². The van der Waals surface area contributed by atoms with Gasteiger partial charge in [0.05, 0.1) is 12.4 Å². The maximum atomic E-state index is 10.5. The molecular weight excluding hydrogens is 164 g/mol. The van der Waals surface area contributed by atoms with Crippen molar-refractivity contribution in [2.45, 2.75) is 11.7 Å². The van der Waals surface area contributed by atoms with Crippen LogP contribution in [0, 0.1) is 0 Å². The lowest BCUT2D eigenvalue weighted by Gasteiger charge is -2.11. The van der Waals surface area contributed by atoms with E-state index in [4.69, 9.17) is 9.29 Å². The Hall–Kier alpha value is -0.610. The number of methoxy groups -OCH3 is 1. The molecule has 4 heteroatoms. The number of allylic oxidation sites excluding steroid dienone is 2. The van der Waals surface area contributed by atoms with Crippen molar-refractivity contribution in [3.8, 4) is 0 Å². The van der Waals surface area contributed by atoms with Gasteiger partial charge in [-0.3, -0.25) is 0 Å². The van der Waals surface area contributed by atoms with Crippen LogP contribution in [-0.2, 0) is 15.8 Å². The van der Waals surface area contributed by atoms with Gasteiger partial charge in [0.15, 0.2) is 11.1 Å². The van der Waals surface area contributed by atoms with Crippen molar-refractivity contribution in [1.29, 1.82) is 0 Å². The van der Waals surface area contributed by atoms with Gasteiger partial charge >= 0.3 is 0 Å². The quantitative estimate of drug-likeness (QED) is 0.637. The molecule has 1 aliphatic rings. The van der Waals surface area contributed by atoms with Crippen LogP contribution >= 0.6 is 0 Å². The van der Waals surface area contributed by atoms with Crippen LogP contribution in [-0.4, -0.2) is 21.1 Å². The molecule has 11 heavy (non-hydrogen) atoms. The van der Waals surface area contributed by atoms with E-state index in [1.165, 1.54) is 0 Å². The molecule has 0 amide bonds. The molecule has 0 spiro atoms. The monoisotopic (exact) mass is 174 g/mol. The highest BCUT2D eigenvalue weighted by atomic mass is 32.2. The molecule has 0 aromatic carbocycles. The second kappa shape index (κ2) is 3.69. The van der Waals surface area contributed by atoms with Crippen molar-refractivity contribution in [1.82, 2.24) is 0 Å². The molecule has 1 N–H and O–H groups in total. The predicted octanol–water partition coefficient (Wildman–Crippen LogP) is 1.07. The molecule has 1 rings (SSSR count). The average molecular weight is 174 g/mol.